The van der Waals surface area contributed by atoms with Crippen LogP contribution in [0, 0.1) is 16.6 Å². The number of benzene rings is 1. The van der Waals surface area contributed by atoms with Gasteiger partial charge >= 0.3 is 0 Å². The topological polar surface area (TPSA) is 26.0 Å². The van der Waals surface area contributed by atoms with E-state index in [2.05, 4.69) is 13.8 Å². The van der Waals surface area contributed by atoms with Crippen molar-refractivity contribution < 1.29 is 19.0 Å². The smallest absolute Gasteiger partial charge is 0.240 e. The third-order valence-electron chi connectivity index (χ3n) is 6.60. The Bertz CT molecular complexity index is 570. The molecule has 4 heterocycles. The fourth-order valence-corrected chi connectivity index (χ4v) is 5.52. The molecule has 0 amide bonds. The van der Waals surface area contributed by atoms with Crippen molar-refractivity contribution in [3.05, 3.63) is 35.6 Å². The number of rotatable bonds is 3. The predicted octanol–water partition coefficient (Wildman–Crippen LogP) is -0.00320. The molecule has 4 heteroatoms. The van der Waals surface area contributed by atoms with E-state index < -0.39 is 0 Å². The summed E-state index contributed by atoms with van der Waals surface area (Å²) in [6.45, 7) is 8.15. The molecule has 4 aliphatic heterocycles. The molecular formula is C18H25FN2O+2. The first-order chi connectivity index (χ1) is 10.5. The summed E-state index contributed by atoms with van der Waals surface area (Å²) in [6.07, 6.45) is 2.28. The largest absolute Gasteiger partial charge is 0.297 e. The summed E-state index contributed by atoms with van der Waals surface area (Å²) >= 11 is 0. The molecule has 22 heavy (non-hydrogen) atoms. The molecule has 0 radical (unpaired) electrons. The van der Waals surface area contributed by atoms with Crippen molar-refractivity contribution in [2.75, 3.05) is 26.2 Å². The molecule has 4 bridgehead atoms. The average molecular weight is 304 g/mol. The Morgan fingerprint density at radius 2 is 1.45 bits per heavy atom. The fraction of sp³-hybridized carbons (Fsp3) is 0.611. The number of piperidine rings is 2. The summed E-state index contributed by atoms with van der Waals surface area (Å²) < 4.78 is 13.2. The third-order valence-corrected chi connectivity index (χ3v) is 6.60. The molecular weight excluding hydrogens is 279 g/mol. The van der Waals surface area contributed by atoms with E-state index in [9.17, 15) is 9.18 Å². The molecule has 5 rings (SSSR count). The molecule has 0 aliphatic carbocycles. The van der Waals surface area contributed by atoms with Crippen LogP contribution in [-0.4, -0.2) is 32.0 Å². The van der Waals surface area contributed by atoms with Crippen molar-refractivity contribution in [1.82, 2.24) is 0 Å². The zero-order valence-corrected chi connectivity index (χ0v) is 13.4. The van der Waals surface area contributed by atoms with Gasteiger partial charge in [0, 0.05) is 0 Å². The van der Waals surface area contributed by atoms with Crippen LogP contribution < -0.4 is 9.80 Å². The molecule has 0 aromatic heterocycles. The zero-order chi connectivity index (χ0) is 15.5. The highest BCUT2D eigenvalue weighted by Crippen LogP contribution is 2.40. The van der Waals surface area contributed by atoms with Gasteiger partial charge in [-0.2, -0.15) is 0 Å². The van der Waals surface area contributed by atoms with Crippen molar-refractivity contribution >= 4 is 5.78 Å². The Kier molecular flexibility index (Phi) is 3.01. The maximum Gasteiger partial charge on any atom is 0.240 e. The van der Waals surface area contributed by atoms with Crippen molar-refractivity contribution in [3.8, 4) is 0 Å². The van der Waals surface area contributed by atoms with Gasteiger partial charge in [0.1, 0.15) is 42.8 Å². The molecule has 4 aliphatic rings. The number of halogens is 1. The van der Waals surface area contributed by atoms with E-state index in [4.69, 9.17) is 0 Å². The van der Waals surface area contributed by atoms with Gasteiger partial charge in [-0.1, -0.05) is 13.8 Å². The SMILES string of the molecule is CCC12C[NH+]3CC(CC)(C[NH+](C1)C3c1ccc(F)cc1)C2=O. The van der Waals surface area contributed by atoms with Crippen molar-refractivity contribution in [2.45, 2.75) is 32.9 Å². The maximum absolute atomic E-state index is 13.2. The van der Waals surface area contributed by atoms with Crippen LogP contribution >= 0.6 is 0 Å². The highest BCUT2D eigenvalue weighted by molar-refractivity contribution is 5.92. The van der Waals surface area contributed by atoms with Gasteiger partial charge in [-0.3, -0.25) is 14.6 Å². The Morgan fingerprint density at radius 3 is 1.86 bits per heavy atom. The number of hydrogen-bond donors (Lipinski definition) is 2. The zero-order valence-electron chi connectivity index (χ0n) is 13.4. The fourth-order valence-electron chi connectivity index (χ4n) is 5.52. The van der Waals surface area contributed by atoms with Gasteiger partial charge in [0.25, 0.3) is 0 Å². The normalized spacial score (nSPS) is 42.9. The quantitative estimate of drug-likeness (QED) is 0.808. The second-order valence-corrected chi connectivity index (χ2v) is 7.61. The van der Waals surface area contributed by atoms with E-state index in [1.807, 2.05) is 12.1 Å². The number of hydrogen-bond acceptors (Lipinski definition) is 1. The number of carbonyl (C=O) groups is 1. The Balaban J connectivity index is 1.74. The van der Waals surface area contributed by atoms with Gasteiger partial charge in [-0.05, 0) is 37.1 Å². The summed E-state index contributed by atoms with van der Waals surface area (Å²) in [5.74, 6) is 0.364. The molecule has 1 aromatic rings. The van der Waals surface area contributed by atoms with E-state index in [-0.39, 0.29) is 16.6 Å². The first-order valence-corrected chi connectivity index (χ1v) is 8.53. The minimum Gasteiger partial charge on any atom is -0.297 e. The van der Waals surface area contributed by atoms with E-state index in [1.54, 1.807) is 12.1 Å². The lowest BCUT2D eigenvalue weighted by molar-refractivity contribution is -1.18. The molecule has 3 nitrogen and oxygen atoms in total. The standard InChI is InChI=1S/C18H23FN2O/c1-3-17-9-20-11-18(4-2,16(17)22)12-21(10-17)15(20)13-5-7-14(19)8-6-13/h5-8,15H,3-4,9-12H2,1-2H3/p+2. The highest BCUT2D eigenvalue weighted by Gasteiger charge is 2.70. The number of nitrogens with one attached hydrogen (secondary N) is 2. The molecule has 4 saturated heterocycles. The lowest BCUT2D eigenvalue weighted by Gasteiger charge is -2.60. The monoisotopic (exact) mass is 304 g/mol. The van der Waals surface area contributed by atoms with Crippen LogP contribution in [0.3, 0.4) is 0 Å². The van der Waals surface area contributed by atoms with Crippen LogP contribution in [0.25, 0.3) is 0 Å². The molecule has 118 valence electrons. The van der Waals surface area contributed by atoms with Crippen LogP contribution in [0.1, 0.15) is 38.4 Å². The van der Waals surface area contributed by atoms with Crippen LogP contribution in [-0.2, 0) is 4.79 Å². The van der Waals surface area contributed by atoms with Crippen LogP contribution in [0.4, 0.5) is 4.39 Å². The van der Waals surface area contributed by atoms with Gasteiger partial charge in [0.15, 0.2) is 5.78 Å². The number of ketones is 1. The minimum atomic E-state index is -0.173. The van der Waals surface area contributed by atoms with Crippen molar-refractivity contribution in [2.24, 2.45) is 10.8 Å². The molecule has 0 saturated carbocycles. The van der Waals surface area contributed by atoms with E-state index in [0.717, 1.165) is 39.0 Å². The van der Waals surface area contributed by atoms with Gasteiger partial charge in [-0.25, -0.2) is 4.39 Å². The number of Topliss-reactive ketones (excluding diaryl/α,β-unsaturated/α-hetero) is 1. The van der Waals surface area contributed by atoms with Gasteiger partial charge in [-0.15, -0.1) is 0 Å². The maximum atomic E-state index is 13.2. The molecule has 2 N–H and O–H groups in total. The lowest BCUT2D eigenvalue weighted by Crippen LogP contribution is -3.41. The first-order valence-electron chi connectivity index (χ1n) is 8.53. The van der Waals surface area contributed by atoms with Crippen LogP contribution in [0.15, 0.2) is 24.3 Å². The van der Waals surface area contributed by atoms with E-state index >= 15 is 0 Å². The van der Waals surface area contributed by atoms with E-state index in [0.29, 0.717) is 11.9 Å². The predicted molar refractivity (Wildman–Crippen MR) is 81.0 cm³/mol. The second kappa shape index (κ2) is 4.62. The summed E-state index contributed by atoms with van der Waals surface area (Å²) in [5.41, 5.74) is 0.983. The molecule has 0 spiro atoms. The summed E-state index contributed by atoms with van der Waals surface area (Å²) in [6, 6.07) is 7.00. The average Bonchev–Trinajstić information content (AvgIpc) is 2.52. The Morgan fingerprint density at radius 1 is 1.00 bits per heavy atom. The van der Waals surface area contributed by atoms with Crippen molar-refractivity contribution in [3.63, 3.8) is 0 Å². The van der Waals surface area contributed by atoms with Crippen LogP contribution in [0.5, 0.6) is 0 Å². The summed E-state index contributed by atoms with van der Waals surface area (Å²) in [7, 11) is 0. The van der Waals surface area contributed by atoms with Gasteiger partial charge in [0.05, 0.1) is 5.56 Å². The Labute approximate surface area is 131 Å². The first kappa shape index (κ1) is 14.3. The molecule has 1 aromatic carbocycles. The lowest BCUT2D eigenvalue weighted by atomic mass is 9.58. The van der Waals surface area contributed by atoms with Crippen LogP contribution in [0.2, 0.25) is 0 Å². The molecule has 0 unspecified atom stereocenters. The van der Waals surface area contributed by atoms with Gasteiger partial charge < -0.3 is 0 Å². The molecule has 0 atom stereocenters. The number of quaternary nitrogens is 2. The van der Waals surface area contributed by atoms with Gasteiger partial charge in [0.2, 0.25) is 6.17 Å². The summed E-state index contributed by atoms with van der Waals surface area (Å²) in [5, 5.41) is 0. The third kappa shape index (κ3) is 1.71. The van der Waals surface area contributed by atoms with Crippen molar-refractivity contribution in [1.29, 1.82) is 0 Å². The summed E-state index contributed by atoms with van der Waals surface area (Å²) in [4.78, 5) is 16.2. The van der Waals surface area contributed by atoms with E-state index in [1.165, 1.54) is 15.4 Å². The minimum absolute atomic E-state index is 0.117. The Hall–Kier alpha value is -1.26. The molecule has 4 fully saturated rings. The number of carbonyl (C=O) groups excluding carboxylic acids is 1. The second-order valence-electron chi connectivity index (χ2n) is 7.61. The highest BCUT2D eigenvalue weighted by atomic mass is 19.1.